The molecule has 0 saturated carbocycles. The van der Waals surface area contributed by atoms with Crippen LogP contribution in [0.4, 0.5) is 9.18 Å². The monoisotopic (exact) mass is 471 g/mol. The number of halogens is 1. The summed E-state index contributed by atoms with van der Waals surface area (Å²) in [6.45, 7) is 4.29. The van der Waals surface area contributed by atoms with Crippen LogP contribution in [0.1, 0.15) is 42.5 Å². The molecule has 3 saturated heterocycles. The maximum atomic E-state index is 13.5. The van der Waals surface area contributed by atoms with Crippen LogP contribution in [0.25, 0.3) is 0 Å². The highest BCUT2D eigenvalue weighted by Gasteiger charge is 2.38. The predicted molar refractivity (Wildman–Crippen MR) is 119 cm³/mol. The number of hydrogen-bond acceptors (Lipinski definition) is 6. The zero-order valence-electron chi connectivity index (χ0n) is 19.3. The van der Waals surface area contributed by atoms with Gasteiger partial charge >= 0.3 is 6.03 Å². The molecule has 0 unspecified atom stereocenters. The van der Waals surface area contributed by atoms with Crippen molar-refractivity contribution in [3.8, 4) is 0 Å². The highest BCUT2D eigenvalue weighted by molar-refractivity contribution is 5.79. The topological polar surface area (TPSA) is 101 Å². The van der Waals surface area contributed by atoms with Crippen molar-refractivity contribution in [1.29, 1.82) is 0 Å². The number of urea groups is 1. The summed E-state index contributed by atoms with van der Waals surface area (Å²) in [4.78, 5) is 33.0. The van der Waals surface area contributed by atoms with Gasteiger partial charge in [-0.2, -0.15) is 4.98 Å². The molecule has 34 heavy (non-hydrogen) atoms. The van der Waals surface area contributed by atoms with Gasteiger partial charge in [-0.25, -0.2) is 9.18 Å². The molecular weight excluding hydrogens is 441 g/mol. The molecule has 3 atom stereocenters. The number of ether oxygens (including phenoxy) is 1. The lowest BCUT2D eigenvalue weighted by Crippen LogP contribution is -2.62. The number of likely N-dealkylation sites (tertiary alicyclic amines) is 2. The zero-order valence-corrected chi connectivity index (χ0v) is 19.3. The molecule has 3 aliphatic heterocycles. The lowest BCUT2D eigenvalue weighted by Gasteiger charge is -2.44. The summed E-state index contributed by atoms with van der Waals surface area (Å²) >= 11 is 0. The van der Waals surface area contributed by atoms with Crippen molar-refractivity contribution in [2.75, 3.05) is 32.8 Å². The number of rotatable bonds is 4. The van der Waals surface area contributed by atoms with Gasteiger partial charge in [-0.15, -0.1) is 0 Å². The maximum Gasteiger partial charge on any atom is 0.320 e. The number of carbonyl (C=O) groups is 2. The Balaban J connectivity index is 1.22. The normalized spacial score (nSPS) is 24.5. The first-order valence-corrected chi connectivity index (χ1v) is 12.0. The standard InChI is InChI=1S/C24H30FN5O4/c1-15-26-23(34-28-15)12-19(16-2-4-18(25)5-3-16)17-6-9-29(10-7-17)24(32)30-11-8-21-20(13-30)27-22(31)14-33-21/h2-5,17,19-21H,6-14H2,1H3,(H,27,31)/t19-,20+,21-/m0/s1. The molecule has 9 nitrogen and oxygen atoms in total. The molecule has 5 rings (SSSR count). The van der Waals surface area contributed by atoms with Crippen LogP contribution in [-0.2, 0) is 16.0 Å². The molecule has 182 valence electrons. The number of carbonyl (C=O) groups excluding carboxylic acids is 2. The molecule has 4 heterocycles. The molecule has 1 aromatic carbocycles. The highest BCUT2D eigenvalue weighted by atomic mass is 19.1. The van der Waals surface area contributed by atoms with Crippen molar-refractivity contribution in [3.63, 3.8) is 0 Å². The number of amides is 3. The van der Waals surface area contributed by atoms with Crippen molar-refractivity contribution < 1.29 is 23.2 Å². The van der Waals surface area contributed by atoms with Crippen LogP contribution in [0, 0.1) is 18.7 Å². The predicted octanol–water partition coefficient (Wildman–Crippen LogP) is 2.26. The smallest absolute Gasteiger partial charge is 0.320 e. The molecule has 3 fully saturated rings. The first kappa shape index (κ1) is 22.8. The fraction of sp³-hybridized carbons (Fsp3) is 0.583. The minimum absolute atomic E-state index is 0.0163. The SMILES string of the molecule is Cc1noc(C[C@@H](c2ccc(F)cc2)C2CCN(C(=O)N3CC[C@@H]4OCC(=O)N[C@@H]4C3)CC2)n1. The first-order valence-electron chi connectivity index (χ1n) is 12.0. The van der Waals surface area contributed by atoms with E-state index in [1.165, 1.54) is 12.1 Å². The lowest BCUT2D eigenvalue weighted by molar-refractivity contribution is -0.139. The van der Waals surface area contributed by atoms with Gasteiger partial charge in [-0.1, -0.05) is 17.3 Å². The van der Waals surface area contributed by atoms with Crippen molar-refractivity contribution in [2.24, 2.45) is 5.92 Å². The van der Waals surface area contributed by atoms with Crippen LogP contribution in [0.3, 0.4) is 0 Å². The van der Waals surface area contributed by atoms with E-state index in [0.29, 0.717) is 50.2 Å². The van der Waals surface area contributed by atoms with E-state index in [-0.39, 0.29) is 42.4 Å². The molecule has 0 aliphatic carbocycles. The van der Waals surface area contributed by atoms with E-state index in [1.807, 2.05) is 21.9 Å². The Bertz CT molecular complexity index is 1020. The van der Waals surface area contributed by atoms with Crippen molar-refractivity contribution in [2.45, 2.75) is 50.7 Å². The molecule has 2 aromatic rings. The fourth-order valence-electron chi connectivity index (χ4n) is 5.44. The van der Waals surface area contributed by atoms with Crippen LogP contribution < -0.4 is 5.32 Å². The van der Waals surface area contributed by atoms with E-state index in [4.69, 9.17) is 9.26 Å². The average molecular weight is 472 g/mol. The second-order valence-corrected chi connectivity index (χ2v) is 9.46. The van der Waals surface area contributed by atoms with E-state index in [2.05, 4.69) is 15.5 Å². The van der Waals surface area contributed by atoms with Gasteiger partial charge in [-0.05, 0) is 55.7 Å². The van der Waals surface area contributed by atoms with Gasteiger partial charge in [0.25, 0.3) is 0 Å². The molecule has 0 spiro atoms. The third kappa shape index (κ3) is 4.91. The van der Waals surface area contributed by atoms with E-state index in [1.54, 1.807) is 6.92 Å². The van der Waals surface area contributed by atoms with Gasteiger partial charge in [0, 0.05) is 32.6 Å². The largest absolute Gasteiger partial charge is 0.366 e. The summed E-state index contributed by atoms with van der Waals surface area (Å²) in [5.41, 5.74) is 1.04. The van der Waals surface area contributed by atoms with Crippen LogP contribution >= 0.6 is 0 Å². The minimum Gasteiger partial charge on any atom is -0.366 e. The number of piperidine rings is 2. The van der Waals surface area contributed by atoms with Gasteiger partial charge in [-0.3, -0.25) is 4.79 Å². The summed E-state index contributed by atoms with van der Waals surface area (Å²) in [5, 5.41) is 6.86. The molecule has 0 radical (unpaired) electrons. The van der Waals surface area contributed by atoms with Gasteiger partial charge < -0.3 is 24.4 Å². The Kier molecular flexibility index (Phi) is 6.49. The number of nitrogens with zero attached hydrogens (tertiary/aromatic N) is 4. The van der Waals surface area contributed by atoms with Crippen molar-refractivity contribution in [1.82, 2.24) is 25.3 Å². The third-order valence-corrected chi connectivity index (χ3v) is 7.24. The number of fused-ring (bicyclic) bond motifs is 1. The van der Waals surface area contributed by atoms with Crippen molar-refractivity contribution in [3.05, 3.63) is 47.4 Å². The Labute approximate surface area is 197 Å². The minimum atomic E-state index is -0.264. The number of benzene rings is 1. The number of aryl methyl sites for hydroxylation is 1. The van der Waals surface area contributed by atoms with E-state index >= 15 is 0 Å². The average Bonchev–Trinajstić information content (AvgIpc) is 3.27. The third-order valence-electron chi connectivity index (χ3n) is 7.24. The maximum absolute atomic E-state index is 13.5. The fourth-order valence-corrected chi connectivity index (χ4v) is 5.44. The van der Waals surface area contributed by atoms with Gasteiger partial charge in [0.15, 0.2) is 5.82 Å². The molecule has 0 bridgehead atoms. The zero-order chi connectivity index (χ0) is 23.7. The Hall–Kier alpha value is -3.01. The van der Waals surface area contributed by atoms with Gasteiger partial charge in [0.1, 0.15) is 12.4 Å². The quantitative estimate of drug-likeness (QED) is 0.734. The molecular formula is C24H30FN5O4. The number of hydrogen-bond donors (Lipinski definition) is 1. The van der Waals surface area contributed by atoms with E-state index in [9.17, 15) is 14.0 Å². The Morgan fingerprint density at radius 2 is 1.91 bits per heavy atom. The van der Waals surface area contributed by atoms with E-state index < -0.39 is 0 Å². The highest BCUT2D eigenvalue weighted by Crippen LogP contribution is 2.36. The van der Waals surface area contributed by atoms with Crippen LogP contribution in [-0.4, -0.2) is 76.8 Å². The van der Waals surface area contributed by atoms with Crippen LogP contribution in [0.15, 0.2) is 28.8 Å². The second-order valence-electron chi connectivity index (χ2n) is 9.46. The van der Waals surface area contributed by atoms with Crippen LogP contribution in [0.2, 0.25) is 0 Å². The molecule has 1 N–H and O–H groups in total. The lowest BCUT2D eigenvalue weighted by atomic mass is 9.78. The molecule has 3 aliphatic rings. The Morgan fingerprint density at radius 3 is 2.62 bits per heavy atom. The van der Waals surface area contributed by atoms with Crippen LogP contribution in [0.5, 0.6) is 0 Å². The second kappa shape index (κ2) is 9.69. The summed E-state index contributed by atoms with van der Waals surface area (Å²) < 4.78 is 24.5. The van der Waals surface area contributed by atoms with Crippen molar-refractivity contribution >= 4 is 11.9 Å². The molecule has 10 heteroatoms. The summed E-state index contributed by atoms with van der Waals surface area (Å²) in [6.07, 6.45) is 2.96. The molecule has 1 aromatic heterocycles. The summed E-state index contributed by atoms with van der Waals surface area (Å²) in [7, 11) is 0. The number of nitrogens with one attached hydrogen (secondary N) is 1. The summed E-state index contributed by atoms with van der Waals surface area (Å²) in [6, 6.07) is 6.49. The van der Waals surface area contributed by atoms with Gasteiger partial charge in [0.05, 0.1) is 12.1 Å². The molecule has 3 amide bonds. The van der Waals surface area contributed by atoms with Gasteiger partial charge in [0.2, 0.25) is 11.8 Å². The first-order chi connectivity index (χ1) is 16.5. The summed E-state index contributed by atoms with van der Waals surface area (Å²) in [5.74, 6) is 1.18. The van der Waals surface area contributed by atoms with E-state index in [0.717, 1.165) is 24.8 Å². The Morgan fingerprint density at radius 1 is 1.18 bits per heavy atom. The number of aromatic nitrogens is 2. The number of morpholine rings is 1.